The van der Waals surface area contributed by atoms with Gasteiger partial charge in [0.1, 0.15) is 5.75 Å². The van der Waals surface area contributed by atoms with E-state index in [4.69, 9.17) is 16.2 Å². The fraction of sp³-hybridized carbons (Fsp3) is 0.100. The van der Waals surface area contributed by atoms with E-state index < -0.39 is 6.03 Å². The Morgan fingerprint density at radius 2 is 2.20 bits per heavy atom. The maximum absolute atomic E-state index is 11.1. The van der Waals surface area contributed by atoms with Gasteiger partial charge in [0, 0.05) is 11.6 Å². The lowest BCUT2D eigenvalue weighted by Gasteiger charge is -2.01. The quantitative estimate of drug-likeness (QED) is 0.732. The zero-order valence-corrected chi connectivity index (χ0v) is 8.23. The van der Waals surface area contributed by atoms with Gasteiger partial charge in [-0.05, 0) is 18.2 Å². The molecule has 2 rings (SSSR count). The highest BCUT2D eigenvalue weighted by Crippen LogP contribution is 2.27. The van der Waals surface area contributed by atoms with E-state index in [9.17, 15) is 4.79 Å². The van der Waals surface area contributed by atoms with Crippen LogP contribution >= 0.6 is 0 Å². The second-order valence-corrected chi connectivity index (χ2v) is 3.18. The first-order valence-electron chi connectivity index (χ1n) is 4.38. The highest BCUT2D eigenvalue weighted by atomic mass is 16.5. The number of carbonyl (C=O) groups is 1. The molecule has 0 fully saturated rings. The van der Waals surface area contributed by atoms with E-state index in [1.54, 1.807) is 25.3 Å². The van der Waals surface area contributed by atoms with Crippen molar-refractivity contribution in [1.29, 1.82) is 0 Å². The summed E-state index contributed by atoms with van der Waals surface area (Å²) >= 11 is 0. The summed E-state index contributed by atoms with van der Waals surface area (Å²) in [6.45, 7) is 0. The number of anilines is 1. The molecule has 0 aliphatic rings. The summed E-state index contributed by atoms with van der Waals surface area (Å²) in [7, 11) is 1.57. The molecular weight excluding hydrogens is 194 g/mol. The van der Waals surface area contributed by atoms with Crippen LogP contribution in [0.4, 0.5) is 10.5 Å². The summed E-state index contributed by atoms with van der Waals surface area (Å²) in [6.07, 6.45) is 1.51. The van der Waals surface area contributed by atoms with Crippen LogP contribution in [0.3, 0.4) is 0 Å². The molecule has 0 saturated carbocycles. The van der Waals surface area contributed by atoms with Gasteiger partial charge in [0.05, 0.1) is 18.3 Å². The Bertz CT molecular complexity index is 531. The van der Waals surface area contributed by atoms with Crippen molar-refractivity contribution in [3.8, 4) is 5.75 Å². The molecule has 5 nitrogen and oxygen atoms in total. The SMILES string of the molecule is COc1ccc2c(c1)c(N)cn2C(N)=O. The van der Waals surface area contributed by atoms with Crippen molar-refractivity contribution in [2.45, 2.75) is 0 Å². The Kier molecular flexibility index (Phi) is 2.00. The number of amides is 1. The number of aromatic nitrogens is 1. The smallest absolute Gasteiger partial charge is 0.323 e. The Morgan fingerprint density at radius 1 is 1.47 bits per heavy atom. The zero-order chi connectivity index (χ0) is 11.0. The number of methoxy groups -OCH3 is 1. The largest absolute Gasteiger partial charge is 0.497 e. The van der Waals surface area contributed by atoms with Crippen molar-refractivity contribution < 1.29 is 9.53 Å². The average Bonchev–Trinajstić information content (AvgIpc) is 2.56. The van der Waals surface area contributed by atoms with E-state index >= 15 is 0 Å². The molecule has 1 aromatic carbocycles. The minimum Gasteiger partial charge on any atom is -0.497 e. The number of hydrogen-bond acceptors (Lipinski definition) is 3. The van der Waals surface area contributed by atoms with E-state index in [2.05, 4.69) is 0 Å². The van der Waals surface area contributed by atoms with E-state index in [0.29, 0.717) is 17.0 Å². The minimum atomic E-state index is -0.554. The standard InChI is InChI=1S/C10H11N3O2/c1-15-6-2-3-9-7(4-6)8(11)5-13(9)10(12)14/h2-5H,11H2,1H3,(H2,12,14). The summed E-state index contributed by atoms with van der Waals surface area (Å²) in [5, 5.41) is 0.758. The fourth-order valence-electron chi connectivity index (χ4n) is 1.54. The summed E-state index contributed by atoms with van der Waals surface area (Å²) in [6, 6.07) is 4.71. The molecule has 4 N–H and O–H groups in total. The fourth-order valence-corrected chi connectivity index (χ4v) is 1.54. The summed E-state index contributed by atoms with van der Waals surface area (Å²) in [4.78, 5) is 11.1. The van der Waals surface area contributed by atoms with Crippen LogP contribution < -0.4 is 16.2 Å². The van der Waals surface area contributed by atoms with Crippen molar-refractivity contribution in [3.63, 3.8) is 0 Å². The van der Waals surface area contributed by atoms with Gasteiger partial charge in [0.2, 0.25) is 0 Å². The number of nitrogens with two attached hydrogens (primary N) is 2. The summed E-state index contributed by atoms with van der Waals surface area (Å²) in [5.74, 6) is 0.691. The highest BCUT2D eigenvalue weighted by molar-refractivity contribution is 5.99. The van der Waals surface area contributed by atoms with E-state index in [0.717, 1.165) is 5.39 Å². The van der Waals surface area contributed by atoms with Gasteiger partial charge in [-0.15, -0.1) is 0 Å². The number of nitrogen functional groups attached to an aromatic ring is 1. The van der Waals surface area contributed by atoms with Crippen molar-refractivity contribution >= 4 is 22.6 Å². The first-order chi connectivity index (χ1) is 7.13. The van der Waals surface area contributed by atoms with Crippen LogP contribution in [0, 0.1) is 0 Å². The number of fused-ring (bicyclic) bond motifs is 1. The molecule has 0 bridgehead atoms. The zero-order valence-electron chi connectivity index (χ0n) is 8.23. The number of nitrogens with zero attached hydrogens (tertiary/aromatic N) is 1. The molecule has 0 radical (unpaired) electrons. The van der Waals surface area contributed by atoms with Gasteiger partial charge in [-0.2, -0.15) is 0 Å². The normalized spacial score (nSPS) is 10.5. The van der Waals surface area contributed by atoms with Gasteiger partial charge in [0.25, 0.3) is 0 Å². The van der Waals surface area contributed by atoms with Crippen LogP contribution in [0.2, 0.25) is 0 Å². The third-order valence-corrected chi connectivity index (χ3v) is 2.28. The van der Waals surface area contributed by atoms with Crippen LogP contribution in [-0.2, 0) is 0 Å². The third-order valence-electron chi connectivity index (χ3n) is 2.28. The molecule has 0 spiro atoms. The van der Waals surface area contributed by atoms with Gasteiger partial charge in [-0.1, -0.05) is 0 Å². The number of hydrogen-bond donors (Lipinski definition) is 2. The summed E-state index contributed by atoms with van der Waals surface area (Å²) in [5.41, 5.74) is 12.1. The second-order valence-electron chi connectivity index (χ2n) is 3.18. The van der Waals surface area contributed by atoms with E-state index in [1.165, 1.54) is 10.8 Å². The lowest BCUT2D eigenvalue weighted by Crippen LogP contribution is -2.18. The Balaban J connectivity index is 2.75. The first-order valence-corrected chi connectivity index (χ1v) is 4.38. The predicted molar refractivity (Wildman–Crippen MR) is 57.9 cm³/mol. The lowest BCUT2D eigenvalue weighted by molar-refractivity contribution is 0.251. The van der Waals surface area contributed by atoms with Gasteiger partial charge >= 0.3 is 6.03 Å². The Hall–Kier alpha value is -2.17. The van der Waals surface area contributed by atoms with Crippen molar-refractivity contribution in [2.24, 2.45) is 5.73 Å². The van der Waals surface area contributed by atoms with Crippen molar-refractivity contribution in [2.75, 3.05) is 12.8 Å². The molecule has 0 unspecified atom stereocenters. The van der Waals surface area contributed by atoms with Crippen LogP contribution in [0.15, 0.2) is 24.4 Å². The molecule has 78 valence electrons. The van der Waals surface area contributed by atoms with Crippen molar-refractivity contribution in [1.82, 2.24) is 4.57 Å². The topological polar surface area (TPSA) is 83.3 Å². The number of rotatable bonds is 1. The Morgan fingerprint density at radius 3 is 2.80 bits per heavy atom. The second kappa shape index (κ2) is 3.20. The lowest BCUT2D eigenvalue weighted by atomic mass is 10.2. The average molecular weight is 205 g/mol. The molecule has 0 saturated heterocycles. The number of primary amides is 1. The highest BCUT2D eigenvalue weighted by Gasteiger charge is 2.09. The molecule has 15 heavy (non-hydrogen) atoms. The van der Waals surface area contributed by atoms with Crippen LogP contribution in [0.25, 0.3) is 10.9 Å². The van der Waals surface area contributed by atoms with Crippen LogP contribution in [0.5, 0.6) is 5.75 Å². The minimum absolute atomic E-state index is 0.503. The number of ether oxygens (including phenoxy) is 1. The molecule has 1 heterocycles. The molecule has 1 amide bonds. The number of carbonyl (C=O) groups excluding carboxylic acids is 1. The maximum Gasteiger partial charge on any atom is 0.323 e. The molecule has 1 aromatic heterocycles. The monoisotopic (exact) mass is 205 g/mol. The first kappa shape index (κ1) is 9.39. The molecule has 0 atom stereocenters. The van der Waals surface area contributed by atoms with Crippen molar-refractivity contribution in [3.05, 3.63) is 24.4 Å². The molecular formula is C10H11N3O2. The summed E-state index contributed by atoms with van der Waals surface area (Å²) < 4.78 is 6.38. The van der Waals surface area contributed by atoms with Gasteiger partial charge in [0.15, 0.2) is 0 Å². The predicted octanol–water partition coefficient (Wildman–Crippen LogP) is 1.16. The van der Waals surface area contributed by atoms with E-state index in [-0.39, 0.29) is 0 Å². The molecule has 0 aliphatic carbocycles. The van der Waals surface area contributed by atoms with E-state index in [1.807, 2.05) is 0 Å². The molecule has 0 aliphatic heterocycles. The molecule has 2 aromatic rings. The van der Waals surface area contributed by atoms with Crippen LogP contribution in [-0.4, -0.2) is 17.7 Å². The Labute approximate surface area is 86.2 Å². The maximum atomic E-state index is 11.1. The van der Waals surface area contributed by atoms with Gasteiger partial charge < -0.3 is 16.2 Å². The van der Waals surface area contributed by atoms with Gasteiger partial charge in [-0.25, -0.2) is 4.79 Å². The number of benzene rings is 1. The molecule has 5 heteroatoms. The van der Waals surface area contributed by atoms with Gasteiger partial charge in [-0.3, -0.25) is 4.57 Å². The third kappa shape index (κ3) is 1.38. The van der Waals surface area contributed by atoms with Crippen LogP contribution in [0.1, 0.15) is 0 Å².